The predicted octanol–water partition coefficient (Wildman–Crippen LogP) is 3.01. The molecule has 2 aromatic rings. The van der Waals surface area contributed by atoms with Crippen molar-refractivity contribution in [2.24, 2.45) is 5.73 Å². The number of hydrogen-bond donors (Lipinski definition) is 2. The van der Waals surface area contributed by atoms with Gasteiger partial charge in [-0.3, -0.25) is 5.41 Å². The molecule has 0 spiro atoms. The maximum atomic E-state index is 7.51. The van der Waals surface area contributed by atoms with Gasteiger partial charge in [-0.25, -0.2) is 4.98 Å². The van der Waals surface area contributed by atoms with E-state index in [4.69, 9.17) is 27.5 Å². The van der Waals surface area contributed by atoms with Crippen molar-refractivity contribution in [3.8, 4) is 5.75 Å². The van der Waals surface area contributed by atoms with Crippen molar-refractivity contribution in [2.45, 2.75) is 13.3 Å². The fourth-order valence-corrected chi connectivity index (χ4v) is 2.59. The lowest BCUT2D eigenvalue weighted by Crippen LogP contribution is -2.14. The molecular formula is C13H14ClN3OS. The van der Waals surface area contributed by atoms with E-state index in [1.807, 2.05) is 12.4 Å². The molecule has 0 unspecified atom stereocenters. The van der Waals surface area contributed by atoms with Crippen LogP contribution in [0.4, 0.5) is 0 Å². The number of aromatic nitrogens is 1. The number of halogens is 1. The van der Waals surface area contributed by atoms with Crippen molar-refractivity contribution in [1.82, 2.24) is 4.98 Å². The molecule has 0 bridgehead atoms. The van der Waals surface area contributed by atoms with Crippen LogP contribution >= 0.6 is 22.9 Å². The molecule has 2 rings (SSSR count). The molecule has 0 aliphatic rings. The Morgan fingerprint density at radius 2 is 2.32 bits per heavy atom. The van der Waals surface area contributed by atoms with Gasteiger partial charge in [0.1, 0.15) is 11.6 Å². The van der Waals surface area contributed by atoms with E-state index in [0.717, 1.165) is 12.1 Å². The van der Waals surface area contributed by atoms with E-state index in [-0.39, 0.29) is 5.84 Å². The lowest BCUT2D eigenvalue weighted by Gasteiger charge is -2.10. The monoisotopic (exact) mass is 295 g/mol. The summed E-state index contributed by atoms with van der Waals surface area (Å²) in [6.45, 7) is 2.50. The summed E-state index contributed by atoms with van der Waals surface area (Å²) < 4.78 is 5.68. The van der Waals surface area contributed by atoms with Crippen molar-refractivity contribution in [3.05, 3.63) is 44.9 Å². The third kappa shape index (κ3) is 3.45. The number of nitrogens with one attached hydrogen (secondary N) is 1. The van der Waals surface area contributed by atoms with Crippen molar-refractivity contribution < 1.29 is 4.74 Å². The van der Waals surface area contributed by atoms with E-state index in [9.17, 15) is 0 Å². The summed E-state index contributed by atoms with van der Waals surface area (Å²) in [5.41, 5.74) is 8.90. The molecule has 1 aromatic heterocycles. The van der Waals surface area contributed by atoms with Gasteiger partial charge in [-0.05, 0) is 25.1 Å². The van der Waals surface area contributed by atoms with E-state index in [2.05, 4.69) is 4.98 Å². The number of rotatable bonds is 5. The summed E-state index contributed by atoms with van der Waals surface area (Å²) in [6.07, 6.45) is 0.788. The Kier molecular flexibility index (Phi) is 4.39. The fraction of sp³-hybridized carbons (Fsp3) is 0.231. The Balaban J connectivity index is 2.03. The summed E-state index contributed by atoms with van der Waals surface area (Å²) in [5, 5.41) is 8.05. The molecule has 0 fully saturated rings. The molecule has 100 valence electrons. The van der Waals surface area contributed by atoms with Crippen LogP contribution in [0.25, 0.3) is 0 Å². The van der Waals surface area contributed by atoms with Gasteiger partial charge in [0, 0.05) is 16.3 Å². The zero-order valence-electron chi connectivity index (χ0n) is 10.4. The molecular weight excluding hydrogens is 282 g/mol. The minimum atomic E-state index is -0.0496. The van der Waals surface area contributed by atoms with Crippen LogP contribution in [0.1, 0.15) is 16.1 Å². The van der Waals surface area contributed by atoms with Gasteiger partial charge in [-0.15, -0.1) is 11.3 Å². The summed E-state index contributed by atoms with van der Waals surface area (Å²) in [6, 6.07) is 5.09. The number of nitrogens with zero attached hydrogens (tertiary/aromatic N) is 1. The standard InChI is InChI=1S/C13H14ClN3OS/c1-8-12(19-7-17-8)4-5-18-11-3-2-9(14)6-10(11)13(15)16/h2-3,6-7H,4-5H2,1H3,(H3,15,16). The first-order chi connectivity index (χ1) is 9.08. The van der Waals surface area contributed by atoms with E-state index in [1.54, 1.807) is 29.5 Å². The second-order valence-electron chi connectivity index (χ2n) is 4.01. The Morgan fingerprint density at radius 1 is 1.53 bits per heavy atom. The normalized spacial score (nSPS) is 10.4. The molecule has 1 aromatic carbocycles. The first-order valence-electron chi connectivity index (χ1n) is 5.73. The first kappa shape index (κ1) is 13.8. The first-order valence-corrected chi connectivity index (χ1v) is 6.99. The van der Waals surface area contributed by atoms with Crippen LogP contribution in [-0.4, -0.2) is 17.4 Å². The highest BCUT2D eigenvalue weighted by Gasteiger charge is 2.08. The summed E-state index contributed by atoms with van der Waals surface area (Å²) in [4.78, 5) is 5.40. The van der Waals surface area contributed by atoms with Crippen LogP contribution in [0.2, 0.25) is 5.02 Å². The maximum absolute atomic E-state index is 7.51. The van der Waals surface area contributed by atoms with E-state index in [1.165, 1.54) is 4.88 Å². The second kappa shape index (κ2) is 6.04. The average Bonchev–Trinajstić information content (AvgIpc) is 2.77. The Hall–Kier alpha value is -1.59. The third-order valence-corrected chi connectivity index (χ3v) is 3.89. The topological polar surface area (TPSA) is 72.0 Å². The molecule has 1 heterocycles. The average molecular weight is 296 g/mol. The highest BCUT2D eigenvalue weighted by atomic mass is 35.5. The Morgan fingerprint density at radius 3 is 2.95 bits per heavy atom. The van der Waals surface area contributed by atoms with Crippen LogP contribution < -0.4 is 10.5 Å². The SMILES string of the molecule is Cc1ncsc1CCOc1ccc(Cl)cc1C(=N)N. The summed E-state index contributed by atoms with van der Waals surface area (Å²) >= 11 is 7.50. The molecule has 6 heteroatoms. The number of hydrogen-bond acceptors (Lipinski definition) is 4. The molecule has 0 radical (unpaired) electrons. The molecule has 4 nitrogen and oxygen atoms in total. The summed E-state index contributed by atoms with van der Waals surface area (Å²) in [5.74, 6) is 0.533. The van der Waals surface area contributed by atoms with E-state index < -0.39 is 0 Å². The van der Waals surface area contributed by atoms with Crippen molar-refractivity contribution in [2.75, 3.05) is 6.61 Å². The number of ether oxygens (including phenoxy) is 1. The molecule has 0 saturated carbocycles. The molecule has 0 aliphatic carbocycles. The molecule has 0 aliphatic heterocycles. The smallest absolute Gasteiger partial charge is 0.130 e. The number of amidine groups is 1. The fourth-order valence-electron chi connectivity index (χ4n) is 1.66. The van der Waals surface area contributed by atoms with Crippen molar-refractivity contribution >= 4 is 28.8 Å². The van der Waals surface area contributed by atoms with E-state index >= 15 is 0 Å². The van der Waals surface area contributed by atoms with Crippen LogP contribution in [0.5, 0.6) is 5.75 Å². The minimum absolute atomic E-state index is 0.0496. The van der Waals surface area contributed by atoms with Gasteiger partial charge >= 0.3 is 0 Å². The number of benzene rings is 1. The molecule has 19 heavy (non-hydrogen) atoms. The van der Waals surface area contributed by atoms with Gasteiger partial charge in [0.2, 0.25) is 0 Å². The van der Waals surface area contributed by atoms with Gasteiger partial charge in [-0.1, -0.05) is 11.6 Å². The quantitative estimate of drug-likeness (QED) is 0.658. The Bertz CT molecular complexity index is 597. The number of aryl methyl sites for hydroxylation is 1. The van der Waals surface area contributed by atoms with Gasteiger partial charge in [-0.2, -0.15) is 0 Å². The minimum Gasteiger partial charge on any atom is -0.492 e. The highest BCUT2D eigenvalue weighted by Crippen LogP contribution is 2.23. The Labute approximate surface area is 120 Å². The highest BCUT2D eigenvalue weighted by molar-refractivity contribution is 7.09. The zero-order chi connectivity index (χ0) is 13.8. The van der Waals surface area contributed by atoms with Crippen molar-refractivity contribution in [1.29, 1.82) is 5.41 Å². The summed E-state index contributed by atoms with van der Waals surface area (Å²) in [7, 11) is 0. The van der Waals surface area contributed by atoms with Crippen LogP contribution in [0, 0.1) is 12.3 Å². The number of nitrogen functional groups attached to an aromatic ring is 1. The molecule has 3 N–H and O–H groups in total. The predicted molar refractivity (Wildman–Crippen MR) is 78.5 cm³/mol. The third-order valence-electron chi connectivity index (χ3n) is 2.66. The zero-order valence-corrected chi connectivity index (χ0v) is 12.0. The number of thiazole rings is 1. The van der Waals surface area contributed by atoms with Crippen molar-refractivity contribution in [3.63, 3.8) is 0 Å². The van der Waals surface area contributed by atoms with E-state index in [0.29, 0.717) is 22.9 Å². The molecule has 0 atom stereocenters. The van der Waals surface area contributed by atoms with Crippen LogP contribution in [0.15, 0.2) is 23.7 Å². The molecule has 0 amide bonds. The lowest BCUT2D eigenvalue weighted by atomic mass is 10.2. The van der Waals surface area contributed by atoms with Gasteiger partial charge in [0.25, 0.3) is 0 Å². The molecule has 0 saturated heterocycles. The largest absolute Gasteiger partial charge is 0.492 e. The second-order valence-corrected chi connectivity index (χ2v) is 5.39. The van der Waals surface area contributed by atoms with Gasteiger partial charge in [0.05, 0.1) is 23.4 Å². The van der Waals surface area contributed by atoms with Gasteiger partial charge < -0.3 is 10.5 Å². The lowest BCUT2D eigenvalue weighted by molar-refractivity contribution is 0.322. The van der Waals surface area contributed by atoms with Crippen LogP contribution in [-0.2, 0) is 6.42 Å². The number of nitrogens with two attached hydrogens (primary N) is 1. The maximum Gasteiger partial charge on any atom is 0.130 e. The van der Waals surface area contributed by atoms with Gasteiger partial charge in [0.15, 0.2) is 0 Å². The van der Waals surface area contributed by atoms with Crippen LogP contribution in [0.3, 0.4) is 0 Å².